The average Bonchev–Trinajstić information content (AvgIpc) is 2.44. The van der Waals surface area contributed by atoms with Gasteiger partial charge in [0.15, 0.2) is 9.84 Å². The zero-order valence-corrected chi connectivity index (χ0v) is 14.7. The number of hydrogen-bond donors (Lipinski definition) is 2. The molecule has 1 fully saturated rings. The van der Waals surface area contributed by atoms with Gasteiger partial charge in [0.25, 0.3) is 0 Å². The molecule has 1 aliphatic carbocycles. The first-order valence-electron chi connectivity index (χ1n) is 8.01. The normalized spacial score (nSPS) is 25.1. The lowest BCUT2D eigenvalue weighted by atomic mass is 9.76. The smallest absolute Gasteiger partial charge is 0.240 e. The molecular formula is C17H26N2O3S. The first kappa shape index (κ1) is 17.9. The number of carbonyl (C=O) groups excluding carboxylic acids is 1. The van der Waals surface area contributed by atoms with Crippen LogP contribution in [0.15, 0.2) is 24.3 Å². The van der Waals surface area contributed by atoms with Gasteiger partial charge in [0, 0.05) is 12.8 Å². The predicted molar refractivity (Wildman–Crippen MR) is 91.4 cm³/mol. The highest BCUT2D eigenvalue weighted by Gasteiger charge is 2.37. The van der Waals surface area contributed by atoms with E-state index in [0.717, 1.165) is 36.8 Å². The summed E-state index contributed by atoms with van der Waals surface area (Å²) in [6, 6.07) is 7.24. The molecule has 6 heteroatoms. The van der Waals surface area contributed by atoms with Gasteiger partial charge in [-0.05, 0) is 29.9 Å². The van der Waals surface area contributed by atoms with E-state index in [0.29, 0.717) is 12.5 Å². The Balaban J connectivity index is 1.91. The third-order valence-corrected chi connectivity index (χ3v) is 5.25. The van der Waals surface area contributed by atoms with Crippen LogP contribution < -0.4 is 11.1 Å². The summed E-state index contributed by atoms with van der Waals surface area (Å²) in [5, 5.41) is 2.92. The summed E-state index contributed by atoms with van der Waals surface area (Å²) in [6.07, 6.45) is 4.80. The van der Waals surface area contributed by atoms with E-state index >= 15 is 0 Å². The Kier molecular flexibility index (Phi) is 5.47. The van der Waals surface area contributed by atoms with Gasteiger partial charge in [-0.2, -0.15) is 0 Å². The number of amides is 1. The van der Waals surface area contributed by atoms with E-state index in [9.17, 15) is 13.2 Å². The summed E-state index contributed by atoms with van der Waals surface area (Å²) in [6.45, 7) is 2.54. The van der Waals surface area contributed by atoms with Crippen molar-refractivity contribution in [2.75, 3.05) is 6.26 Å². The number of carbonyl (C=O) groups is 1. The summed E-state index contributed by atoms with van der Waals surface area (Å²) in [5.74, 6) is 0.419. The van der Waals surface area contributed by atoms with Crippen LogP contribution in [0.5, 0.6) is 0 Å². The Morgan fingerprint density at radius 1 is 1.30 bits per heavy atom. The minimum Gasteiger partial charge on any atom is -0.350 e. The van der Waals surface area contributed by atoms with Crippen LogP contribution in [0.25, 0.3) is 0 Å². The van der Waals surface area contributed by atoms with Crippen molar-refractivity contribution in [3.8, 4) is 0 Å². The summed E-state index contributed by atoms with van der Waals surface area (Å²) in [7, 11) is -3.03. The van der Waals surface area contributed by atoms with Gasteiger partial charge in [-0.3, -0.25) is 4.79 Å². The van der Waals surface area contributed by atoms with E-state index in [4.69, 9.17) is 5.73 Å². The fourth-order valence-electron chi connectivity index (χ4n) is 3.21. The topological polar surface area (TPSA) is 89.3 Å². The minimum absolute atomic E-state index is 0.0312. The van der Waals surface area contributed by atoms with Crippen LogP contribution >= 0.6 is 0 Å². The lowest BCUT2D eigenvalue weighted by Crippen LogP contribution is -2.56. The van der Waals surface area contributed by atoms with Gasteiger partial charge in [0.2, 0.25) is 5.91 Å². The van der Waals surface area contributed by atoms with E-state index < -0.39 is 15.4 Å². The molecule has 2 atom stereocenters. The highest BCUT2D eigenvalue weighted by Crippen LogP contribution is 2.30. The van der Waals surface area contributed by atoms with Gasteiger partial charge in [0.1, 0.15) is 0 Å². The van der Waals surface area contributed by atoms with Crippen molar-refractivity contribution in [2.24, 2.45) is 11.7 Å². The molecule has 1 aromatic carbocycles. The molecule has 1 amide bonds. The first-order valence-corrected chi connectivity index (χ1v) is 10.1. The van der Waals surface area contributed by atoms with Crippen LogP contribution in [0.4, 0.5) is 0 Å². The molecular weight excluding hydrogens is 312 g/mol. The largest absolute Gasteiger partial charge is 0.350 e. The Bertz CT molecular complexity index is 655. The molecule has 0 unspecified atom stereocenters. The highest BCUT2D eigenvalue weighted by molar-refractivity contribution is 7.89. The molecule has 5 nitrogen and oxygen atoms in total. The zero-order chi connectivity index (χ0) is 17.1. The SMILES string of the molecule is C[C@H]1CCC[C@](N)(C(=O)NCc2ccc(CS(C)(=O)=O)cc2)C1. The van der Waals surface area contributed by atoms with Gasteiger partial charge >= 0.3 is 0 Å². The molecule has 1 aromatic rings. The number of sulfone groups is 1. The molecule has 3 N–H and O–H groups in total. The van der Waals surface area contributed by atoms with E-state index in [1.165, 1.54) is 6.26 Å². The van der Waals surface area contributed by atoms with E-state index in [1.807, 2.05) is 12.1 Å². The quantitative estimate of drug-likeness (QED) is 0.856. The fraction of sp³-hybridized carbons (Fsp3) is 0.588. The molecule has 0 bridgehead atoms. The Morgan fingerprint density at radius 3 is 2.48 bits per heavy atom. The molecule has 1 aliphatic rings. The average molecular weight is 338 g/mol. The summed E-state index contributed by atoms with van der Waals surface area (Å²) in [4.78, 5) is 12.4. The van der Waals surface area contributed by atoms with Crippen molar-refractivity contribution in [1.29, 1.82) is 0 Å². The summed E-state index contributed by atoms with van der Waals surface area (Å²) in [5.41, 5.74) is 7.20. The number of nitrogens with two attached hydrogens (primary N) is 1. The van der Waals surface area contributed by atoms with Gasteiger partial charge in [-0.1, -0.05) is 44.0 Å². The zero-order valence-electron chi connectivity index (χ0n) is 13.8. The van der Waals surface area contributed by atoms with Crippen molar-refractivity contribution in [1.82, 2.24) is 5.32 Å². The monoisotopic (exact) mass is 338 g/mol. The summed E-state index contributed by atoms with van der Waals surface area (Å²) >= 11 is 0. The Morgan fingerprint density at radius 2 is 1.91 bits per heavy atom. The lowest BCUT2D eigenvalue weighted by molar-refractivity contribution is -0.128. The fourth-order valence-corrected chi connectivity index (χ4v) is 4.01. The Labute approximate surface area is 138 Å². The third-order valence-electron chi connectivity index (χ3n) is 4.39. The highest BCUT2D eigenvalue weighted by atomic mass is 32.2. The van der Waals surface area contributed by atoms with Gasteiger partial charge in [-0.15, -0.1) is 0 Å². The van der Waals surface area contributed by atoms with Crippen LogP contribution in [0, 0.1) is 5.92 Å². The number of benzene rings is 1. The molecule has 128 valence electrons. The van der Waals surface area contributed by atoms with Crippen LogP contribution in [0.3, 0.4) is 0 Å². The third kappa shape index (κ3) is 5.32. The number of nitrogens with one attached hydrogen (secondary N) is 1. The molecule has 0 aliphatic heterocycles. The van der Waals surface area contributed by atoms with Crippen molar-refractivity contribution >= 4 is 15.7 Å². The van der Waals surface area contributed by atoms with Crippen LogP contribution in [0.2, 0.25) is 0 Å². The molecule has 0 saturated heterocycles. The maximum atomic E-state index is 12.4. The molecule has 2 rings (SSSR count). The predicted octanol–water partition coefficient (Wildman–Crippen LogP) is 1.75. The van der Waals surface area contributed by atoms with Gasteiger partial charge in [-0.25, -0.2) is 8.42 Å². The molecule has 0 aromatic heterocycles. The second kappa shape index (κ2) is 7.01. The second-order valence-corrected chi connectivity index (χ2v) is 9.07. The molecule has 23 heavy (non-hydrogen) atoms. The number of rotatable bonds is 5. The summed E-state index contributed by atoms with van der Waals surface area (Å²) < 4.78 is 22.5. The Hall–Kier alpha value is -1.40. The molecule has 0 radical (unpaired) electrons. The van der Waals surface area contributed by atoms with E-state index in [2.05, 4.69) is 12.2 Å². The van der Waals surface area contributed by atoms with Crippen molar-refractivity contribution in [3.63, 3.8) is 0 Å². The number of hydrogen-bond acceptors (Lipinski definition) is 4. The van der Waals surface area contributed by atoms with Gasteiger partial charge < -0.3 is 11.1 Å². The van der Waals surface area contributed by atoms with Crippen LogP contribution in [-0.2, 0) is 26.9 Å². The lowest BCUT2D eigenvalue weighted by Gasteiger charge is -2.35. The van der Waals surface area contributed by atoms with E-state index in [-0.39, 0.29) is 11.7 Å². The van der Waals surface area contributed by atoms with E-state index in [1.54, 1.807) is 12.1 Å². The van der Waals surface area contributed by atoms with Crippen molar-refractivity contribution in [3.05, 3.63) is 35.4 Å². The molecule has 0 heterocycles. The second-order valence-electron chi connectivity index (χ2n) is 6.93. The standard InChI is InChI=1S/C17H26N2O3S/c1-13-4-3-9-17(18,10-13)16(20)19-11-14-5-7-15(8-6-14)12-23(2,21)22/h5-8,13H,3-4,9-12,18H2,1-2H3,(H,19,20)/t13-,17+/m0/s1. The van der Waals surface area contributed by atoms with Crippen LogP contribution in [-0.4, -0.2) is 26.1 Å². The van der Waals surface area contributed by atoms with Gasteiger partial charge in [0.05, 0.1) is 11.3 Å². The maximum absolute atomic E-state index is 12.4. The molecule has 1 saturated carbocycles. The minimum atomic E-state index is -3.03. The molecule has 0 spiro atoms. The van der Waals surface area contributed by atoms with Crippen molar-refractivity contribution < 1.29 is 13.2 Å². The maximum Gasteiger partial charge on any atom is 0.240 e. The first-order chi connectivity index (χ1) is 10.7. The van der Waals surface area contributed by atoms with Crippen LogP contribution in [0.1, 0.15) is 43.7 Å². The van der Waals surface area contributed by atoms with Crippen molar-refractivity contribution in [2.45, 2.75) is 50.4 Å².